The quantitative estimate of drug-likeness (QED) is 0.443. The lowest BCUT2D eigenvalue weighted by Gasteiger charge is -2.19. The van der Waals surface area contributed by atoms with Crippen LogP contribution >= 0.6 is 0 Å². The number of rotatable bonds is 2. The van der Waals surface area contributed by atoms with E-state index in [0.29, 0.717) is 12.5 Å². The number of isocyanates is 1. The molecule has 0 spiro atoms. The van der Waals surface area contributed by atoms with Crippen LogP contribution in [0.1, 0.15) is 12.8 Å². The Morgan fingerprint density at radius 3 is 2.80 bits per heavy atom. The van der Waals surface area contributed by atoms with Crippen molar-refractivity contribution in [2.24, 2.45) is 10.9 Å². The zero-order valence-corrected chi connectivity index (χ0v) is 5.97. The Morgan fingerprint density at radius 2 is 2.20 bits per heavy atom. The maximum Gasteiger partial charge on any atom is 0.234 e. The second-order valence-corrected chi connectivity index (χ2v) is 2.63. The summed E-state index contributed by atoms with van der Waals surface area (Å²) in [4.78, 5) is 13.3. The minimum absolute atomic E-state index is 0.614. The Hall–Kier alpha value is -0.660. The van der Waals surface area contributed by atoms with Crippen molar-refractivity contribution in [3.8, 4) is 0 Å². The highest BCUT2D eigenvalue weighted by Crippen LogP contribution is 2.10. The van der Waals surface area contributed by atoms with Gasteiger partial charge in [0.1, 0.15) is 0 Å². The highest BCUT2D eigenvalue weighted by molar-refractivity contribution is 5.32. The van der Waals surface area contributed by atoms with Crippen molar-refractivity contribution in [3.63, 3.8) is 0 Å². The van der Waals surface area contributed by atoms with Gasteiger partial charge in [-0.15, -0.1) is 0 Å². The first kappa shape index (κ1) is 7.45. The van der Waals surface area contributed by atoms with Crippen LogP contribution in [0, 0.1) is 5.92 Å². The van der Waals surface area contributed by atoms with Crippen molar-refractivity contribution in [1.29, 1.82) is 0 Å². The number of nitrogens with one attached hydrogen (secondary N) is 1. The standard InChI is InChI=1S/C7H12N2O/c10-6-9-5-7-1-3-8-4-2-7/h7-8H,1-5H2. The number of hydrogen-bond donors (Lipinski definition) is 1. The molecule has 1 fully saturated rings. The number of carbonyl (C=O) groups excluding carboxylic acids is 1. The third-order valence-corrected chi connectivity index (χ3v) is 1.87. The molecule has 56 valence electrons. The second kappa shape index (κ2) is 4.20. The molecule has 0 aromatic heterocycles. The Kier molecular flexibility index (Phi) is 3.13. The smallest absolute Gasteiger partial charge is 0.234 e. The molecule has 0 aromatic rings. The van der Waals surface area contributed by atoms with E-state index >= 15 is 0 Å². The molecule has 0 aliphatic carbocycles. The third kappa shape index (κ3) is 2.29. The van der Waals surface area contributed by atoms with Gasteiger partial charge in [-0.25, -0.2) is 9.79 Å². The van der Waals surface area contributed by atoms with Crippen molar-refractivity contribution in [2.45, 2.75) is 12.8 Å². The van der Waals surface area contributed by atoms with Gasteiger partial charge in [0.15, 0.2) is 0 Å². The van der Waals surface area contributed by atoms with Crippen LogP contribution < -0.4 is 5.32 Å². The van der Waals surface area contributed by atoms with Crippen LogP contribution in [0.25, 0.3) is 0 Å². The molecule has 10 heavy (non-hydrogen) atoms. The number of aliphatic imine (C=N–C) groups is 1. The van der Waals surface area contributed by atoms with Gasteiger partial charge in [-0.2, -0.15) is 0 Å². The first-order valence-electron chi connectivity index (χ1n) is 3.68. The van der Waals surface area contributed by atoms with Crippen LogP contribution in [0.4, 0.5) is 0 Å². The summed E-state index contributed by atoms with van der Waals surface area (Å²) >= 11 is 0. The van der Waals surface area contributed by atoms with Crippen molar-refractivity contribution in [2.75, 3.05) is 19.6 Å². The zero-order chi connectivity index (χ0) is 7.23. The summed E-state index contributed by atoms with van der Waals surface area (Å²) in [5.41, 5.74) is 0. The van der Waals surface area contributed by atoms with Gasteiger partial charge in [0.2, 0.25) is 6.08 Å². The first-order valence-corrected chi connectivity index (χ1v) is 3.68. The van der Waals surface area contributed by atoms with Crippen molar-refractivity contribution < 1.29 is 4.79 Å². The Morgan fingerprint density at radius 1 is 1.50 bits per heavy atom. The summed E-state index contributed by atoms with van der Waals surface area (Å²) in [6.07, 6.45) is 3.86. The van der Waals surface area contributed by atoms with Crippen LogP contribution in [-0.4, -0.2) is 25.7 Å². The van der Waals surface area contributed by atoms with Crippen LogP contribution in [0.5, 0.6) is 0 Å². The molecular formula is C7H12N2O. The monoisotopic (exact) mass is 140 g/mol. The lowest BCUT2D eigenvalue weighted by Crippen LogP contribution is -2.28. The van der Waals surface area contributed by atoms with E-state index in [9.17, 15) is 4.79 Å². The molecule has 0 saturated carbocycles. The topological polar surface area (TPSA) is 41.5 Å². The lowest BCUT2D eigenvalue weighted by molar-refractivity contribution is 0.382. The molecule has 3 nitrogen and oxygen atoms in total. The Bertz CT molecular complexity index is 135. The summed E-state index contributed by atoms with van der Waals surface area (Å²) in [6, 6.07) is 0. The summed E-state index contributed by atoms with van der Waals surface area (Å²) in [5, 5.41) is 3.25. The van der Waals surface area contributed by atoms with Gasteiger partial charge in [0, 0.05) is 0 Å². The van der Waals surface area contributed by atoms with E-state index < -0.39 is 0 Å². The molecular weight excluding hydrogens is 128 g/mol. The van der Waals surface area contributed by atoms with Gasteiger partial charge in [0.25, 0.3) is 0 Å². The van der Waals surface area contributed by atoms with Gasteiger partial charge in [0.05, 0.1) is 6.54 Å². The molecule has 1 saturated heterocycles. The summed E-state index contributed by atoms with van der Waals surface area (Å²) in [5.74, 6) is 0.614. The largest absolute Gasteiger partial charge is 0.317 e. The van der Waals surface area contributed by atoms with Crippen LogP contribution in [0.3, 0.4) is 0 Å². The van der Waals surface area contributed by atoms with Crippen molar-refractivity contribution in [3.05, 3.63) is 0 Å². The molecule has 0 amide bonds. The normalized spacial score (nSPS) is 20.0. The number of nitrogens with zero attached hydrogens (tertiary/aromatic N) is 1. The molecule has 0 bridgehead atoms. The highest BCUT2D eigenvalue weighted by Gasteiger charge is 2.11. The van der Waals surface area contributed by atoms with Crippen LogP contribution in [0.15, 0.2) is 4.99 Å². The number of hydrogen-bond acceptors (Lipinski definition) is 3. The summed E-state index contributed by atoms with van der Waals surface area (Å²) in [6.45, 7) is 2.81. The van der Waals surface area contributed by atoms with E-state index in [2.05, 4.69) is 10.3 Å². The average Bonchev–Trinajstić information content (AvgIpc) is 2.03. The molecule has 0 radical (unpaired) electrons. The SMILES string of the molecule is O=C=NCC1CCNCC1. The molecule has 3 heteroatoms. The van der Waals surface area contributed by atoms with Gasteiger partial charge >= 0.3 is 0 Å². The average molecular weight is 140 g/mol. The minimum atomic E-state index is 0.614. The fraction of sp³-hybridized carbons (Fsp3) is 0.857. The van der Waals surface area contributed by atoms with Crippen molar-refractivity contribution in [1.82, 2.24) is 5.32 Å². The molecule has 1 heterocycles. The van der Waals surface area contributed by atoms with Gasteiger partial charge in [-0.1, -0.05) is 0 Å². The van der Waals surface area contributed by atoms with Crippen LogP contribution in [0.2, 0.25) is 0 Å². The van der Waals surface area contributed by atoms with Crippen molar-refractivity contribution >= 4 is 6.08 Å². The zero-order valence-electron chi connectivity index (χ0n) is 5.97. The molecule has 1 N–H and O–H groups in total. The summed E-state index contributed by atoms with van der Waals surface area (Å²) in [7, 11) is 0. The van der Waals surface area contributed by atoms with Crippen LogP contribution in [-0.2, 0) is 4.79 Å². The van der Waals surface area contributed by atoms with E-state index in [0.717, 1.165) is 25.9 Å². The van der Waals surface area contributed by atoms with E-state index in [-0.39, 0.29) is 0 Å². The fourth-order valence-electron chi connectivity index (χ4n) is 1.23. The van der Waals surface area contributed by atoms with Gasteiger partial charge < -0.3 is 5.32 Å². The predicted octanol–water partition coefficient (Wildman–Crippen LogP) is 0.322. The van der Waals surface area contributed by atoms with E-state index in [1.807, 2.05) is 0 Å². The van der Waals surface area contributed by atoms with E-state index in [1.165, 1.54) is 0 Å². The molecule has 1 aliphatic heterocycles. The Labute approximate surface area is 60.5 Å². The molecule has 1 aliphatic rings. The third-order valence-electron chi connectivity index (χ3n) is 1.87. The summed E-state index contributed by atoms with van der Waals surface area (Å²) < 4.78 is 0. The van der Waals surface area contributed by atoms with E-state index in [4.69, 9.17) is 0 Å². The first-order chi connectivity index (χ1) is 4.93. The molecule has 1 rings (SSSR count). The lowest BCUT2D eigenvalue weighted by atomic mass is 9.99. The molecule has 0 unspecified atom stereocenters. The van der Waals surface area contributed by atoms with Gasteiger partial charge in [-0.05, 0) is 31.8 Å². The predicted molar refractivity (Wildman–Crippen MR) is 38.6 cm³/mol. The van der Waals surface area contributed by atoms with Gasteiger partial charge in [-0.3, -0.25) is 0 Å². The molecule has 0 aromatic carbocycles. The Balaban J connectivity index is 2.19. The van der Waals surface area contributed by atoms with E-state index in [1.54, 1.807) is 6.08 Å². The fourth-order valence-corrected chi connectivity index (χ4v) is 1.23. The maximum absolute atomic E-state index is 9.74. The minimum Gasteiger partial charge on any atom is -0.317 e. The second-order valence-electron chi connectivity index (χ2n) is 2.63. The molecule has 0 atom stereocenters. The maximum atomic E-state index is 9.74. The highest BCUT2D eigenvalue weighted by atomic mass is 16.1. The number of piperidine rings is 1.